The van der Waals surface area contributed by atoms with E-state index in [0.29, 0.717) is 0 Å². The molecule has 5 heteroatoms. The number of carbonyl (C=O) groups excluding carboxylic acids is 2. The van der Waals surface area contributed by atoms with Gasteiger partial charge in [-0.25, -0.2) is 0 Å². The van der Waals surface area contributed by atoms with Crippen molar-refractivity contribution in [3.63, 3.8) is 0 Å². The molecule has 21 heavy (non-hydrogen) atoms. The Labute approximate surface area is 127 Å². The predicted molar refractivity (Wildman–Crippen MR) is 82.6 cm³/mol. The number of hydrogen-bond acceptors (Lipinski definition) is 3. The van der Waals surface area contributed by atoms with Crippen molar-refractivity contribution in [1.29, 1.82) is 0 Å². The van der Waals surface area contributed by atoms with Gasteiger partial charge in [0.2, 0.25) is 11.8 Å². The summed E-state index contributed by atoms with van der Waals surface area (Å²) in [5, 5.41) is 3.12. The first kappa shape index (κ1) is 16.3. The SMILES string of the molecule is CN(C)C(=O)C1CCCC(NC(=O)C2(N)CCCCC2)C1. The lowest BCUT2D eigenvalue weighted by Crippen LogP contribution is -2.57. The minimum atomic E-state index is -0.684. The minimum absolute atomic E-state index is 0.00912. The Morgan fingerprint density at radius 2 is 1.76 bits per heavy atom. The van der Waals surface area contributed by atoms with Gasteiger partial charge in [0.05, 0.1) is 5.54 Å². The highest BCUT2D eigenvalue weighted by molar-refractivity contribution is 5.86. The zero-order valence-corrected chi connectivity index (χ0v) is 13.4. The summed E-state index contributed by atoms with van der Waals surface area (Å²) in [6, 6.07) is 0.0995. The summed E-state index contributed by atoms with van der Waals surface area (Å²) in [6.45, 7) is 0. The van der Waals surface area contributed by atoms with Crippen LogP contribution in [0, 0.1) is 5.92 Å². The fraction of sp³-hybridized carbons (Fsp3) is 0.875. The van der Waals surface area contributed by atoms with Crippen LogP contribution in [0.25, 0.3) is 0 Å². The molecular formula is C16H29N3O2. The van der Waals surface area contributed by atoms with E-state index < -0.39 is 5.54 Å². The average Bonchev–Trinajstić information content (AvgIpc) is 2.47. The van der Waals surface area contributed by atoms with E-state index in [1.807, 2.05) is 0 Å². The van der Waals surface area contributed by atoms with Crippen molar-refractivity contribution in [3.05, 3.63) is 0 Å². The van der Waals surface area contributed by atoms with Gasteiger partial charge < -0.3 is 16.0 Å². The van der Waals surface area contributed by atoms with Gasteiger partial charge in [0.1, 0.15) is 0 Å². The molecule has 0 heterocycles. The molecule has 2 atom stereocenters. The number of amides is 2. The van der Waals surface area contributed by atoms with Crippen LogP contribution < -0.4 is 11.1 Å². The maximum absolute atomic E-state index is 12.5. The van der Waals surface area contributed by atoms with Crippen molar-refractivity contribution in [2.75, 3.05) is 14.1 Å². The molecule has 0 bridgehead atoms. The van der Waals surface area contributed by atoms with Gasteiger partial charge in [0, 0.05) is 26.1 Å². The van der Waals surface area contributed by atoms with E-state index in [1.165, 1.54) is 6.42 Å². The van der Waals surface area contributed by atoms with Crippen molar-refractivity contribution in [2.45, 2.75) is 69.4 Å². The third-order valence-corrected chi connectivity index (χ3v) is 5.00. The van der Waals surface area contributed by atoms with Gasteiger partial charge in [-0.3, -0.25) is 9.59 Å². The Morgan fingerprint density at radius 1 is 1.10 bits per heavy atom. The number of nitrogens with one attached hydrogen (secondary N) is 1. The number of nitrogens with zero attached hydrogens (tertiary/aromatic N) is 1. The maximum Gasteiger partial charge on any atom is 0.240 e. The standard InChI is InChI=1S/C16H29N3O2/c1-19(2)14(20)12-7-6-8-13(11-12)18-15(21)16(17)9-4-3-5-10-16/h12-13H,3-11,17H2,1-2H3,(H,18,21). The number of hydrogen-bond donors (Lipinski definition) is 2. The largest absolute Gasteiger partial charge is 0.352 e. The maximum atomic E-state index is 12.5. The van der Waals surface area contributed by atoms with Crippen LogP contribution >= 0.6 is 0 Å². The quantitative estimate of drug-likeness (QED) is 0.826. The molecule has 2 aliphatic rings. The van der Waals surface area contributed by atoms with Gasteiger partial charge in [-0.15, -0.1) is 0 Å². The second-order valence-electron chi connectivity index (χ2n) is 6.98. The molecule has 120 valence electrons. The van der Waals surface area contributed by atoms with E-state index in [2.05, 4.69) is 5.32 Å². The Kier molecular flexibility index (Phi) is 5.25. The van der Waals surface area contributed by atoms with Gasteiger partial charge in [-0.05, 0) is 32.1 Å². The molecule has 0 saturated heterocycles. The third-order valence-electron chi connectivity index (χ3n) is 5.00. The Hall–Kier alpha value is -1.10. The summed E-state index contributed by atoms with van der Waals surface area (Å²) < 4.78 is 0. The molecule has 2 saturated carbocycles. The first-order valence-electron chi connectivity index (χ1n) is 8.23. The molecule has 2 aliphatic carbocycles. The molecule has 0 aromatic carbocycles. The van der Waals surface area contributed by atoms with Crippen LogP contribution in [-0.2, 0) is 9.59 Å². The smallest absolute Gasteiger partial charge is 0.240 e. The van der Waals surface area contributed by atoms with Crippen molar-refractivity contribution in [1.82, 2.24) is 10.2 Å². The lowest BCUT2D eigenvalue weighted by molar-refractivity contribution is -0.135. The molecule has 2 unspecified atom stereocenters. The van der Waals surface area contributed by atoms with E-state index in [1.54, 1.807) is 19.0 Å². The third kappa shape index (κ3) is 3.96. The van der Waals surface area contributed by atoms with Crippen LogP contribution in [0.5, 0.6) is 0 Å². The number of rotatable bonds is 3. The van der Waals surface area contributed by atoms with Crippen LogP contribution in [0.3, 0.4) is 0 Å². The van der Waals surface area contributed by atoms with Gasteiger partial charge in [0.25, 0.3) is 0 Å². The fourth-order valence-electron chi connectivity index (χ4n) is 3.65. The zero-order chi connectivity index (χ0) is 15.5. The zero-order valence-electron chi connectivity index (χ0n) is 13.4. The van der Waals surface area contributed by atoms with Crippen LogP contribution in [0.2, 0.25) is 0 Å². The van der Waals surface area contributed by atoms with E-state index in [4.69, 9.17) is 5.73 Å². The molecule has 5 nitrogen and oxygen atoms in total. The lowest BCUT2D eigenvalue weighted by Gasteiger charge is -2.36. The number of nitrogens with two attached hydrogens (primary N) is 1. The molecule has 2 amide bonds. The minimum Gasteiger partial charge on any atom is -0.352 e. The summed E-state index contributed by atoms with van der Waals surface area (Å²) in [4.78, 5) is 26.2. The van der Waals surface area contributed by atoms with Gasteiger partial charge >= 0.3 is 0 Å². The van der Waals surface area contributed by atoms with Crippen LogP contribution in [-0.4, -0.2) is 42.4 Å². The van der Waals surface area contributed by atoms with Crippen molar-refractivity contribution in [3.8, 4) is 0 Å². The predicted octanol–water partition coefficient (Wildman–Crippen LogP) is 1.41. The fourth-order valence-corrected chi connectivity index (χ4v) is 3.65. The van der Waals surface area contributed by atoms with E-state index in [0.717, 1.165) is 51.4 Å². The van der Waals surface area contributed by atoms with E-state index in [9.17, 15) is 9.59 Å². The summed E-state index contributed by atoms with van der Waals surface area (Å²) in [7, 11) is 3.59. The molecule has 0 spiro atoms. The molecule has 0 aromatic rings. The van der Waals surface area contributed by atoms with Gasteiger partial charge in [0.15, 0.2) is 0 Å². The summed E-state index contributed by atoms with van der Waals surface area (Å²) >= 11 is 0. The second-order valence-corrected chi connectivity index (χ2v) is 6.98. The van der Waals surface area contributed by atoms with Crippen molar-refractivity contribution >= 4 is 11.8 Å². The van der Waals surface area contributed by atoms with Crippen LogP contribution in [0.15, 0.2) is 0 Å². The molecule has 0 aliphatic heterocycles. The Bertz CT molecular complexity index is 389. The monoisotopic (exact) mass is 295 g/mol. The highest BCUT2D eigenvalue weighted by Gasteiger charge is 2.37. The van der Waals surface area contributed by atoms with Crippen molar-refractivity contribution < 1.29 is 9.59 Å². The highest BCUT2D eigenvalue weighted by Crippen LogP contribution is 2.29. The first-order chi connectivity index (χ1) is 9.92. The molecule has 2 fully saturated rings. The number of carbonyl (C=O) groups is 2. The Morgan fingerprint density at radius 3 is 2.38 bits per heavy atom. The topological polar surface area (TPSA) is 75.4 Å². The normalized spacial score (nSPS) is 28.7. The van der Waals surface area contributed by atoms with E-state index in [-0.39, 0.29) is 23.8 Å². The van der Waals surface area contributed by atoms with Crippen LogP contribution in [0.1, 0.15) is 57.8 Å². The summed E-state index contributed by atoms with van der Waals surface area (Å²) in [5.41, 5.74) is 5.59. The summed E-state index contributed by atoms with van der Waals surface area (Å²) in [6.07, 6.45) is 8.45. The molecular weight excluding hydrogens is 266 g/mol. The lowest BCUT2D eigenvalue weighted by atomic mass is 9.80. The molecule has 0 aromatic heterocycles. The highest BCUT2D eigenvalue weighted by atomic mass is 16.2. The van der Waals surface area contributed by atoms with Crippen LogP contribution in [0.4, 0.5) is 0 Å². The second kappa shape index (κ2) is 6.77. The van der Waals surface area contributed by atoms with Crippen molar-refractivity contribution in [2.24, 2.45) is 11.7 Å². The van der Waals surface area contributed by atoms with Gasteiger partial charge in [-0.1, -0.05) is 25.7 Å². The first-order valence-corrected chi connectivity index (χ1v) is 8.23. The Balaban J connectivity index is 1.90. The molecule has 0 radical (unpaired) electrons. The molecule has 2 rings (SSSR count). The van der Waals surface area contributed by atoms with E-state index >= 15 is 0 Å². The van der Waals surface area contributed by atoms with Gasteiger partial charge in [-0.2, -0.15) is 0 Å². The average molecular weight is 295 g/mol. The summed E-state index contributed by atoms with van der Waals surface area (Å²) in [5.74, 6) is 0.207. The molecule has 3 N–H and O–H groups in total.